The van der Waals surface area contributed by atoms with Crippen LogP contribution in [-0.4, -0.2) is 29.9 Å². The van der Waals surface area contributed by atoms with E-state index in [0.717, 1.165) is 61.2 Å². The molecule has 0 bridgehead atoms. The summed E-state index contributed by atoms with van der Waals surface area (Å²) in [5.41, 5.74) is 15.0. The summed E-state index contributed by atoms with van der Waals surface area (Å²) in [6.07, 6.45) is 0. The predicted octanol–water partition coefficient (Wildman–Crippen LogP) is 25.9. The molecule has 0 amide bonds. The highest BCUT2D eigenvalue weighted by atomic mass is 32.1. The minimum Gasteiger partial charge on any atom is -0.208 e. The number of benzene rings is 14. The van der Waals surface area contributed by atoms with Crippen molar-refractivity contribution in [2.24, 2.45) is 0 Å². The molecule has 0 unspecified atom stereocenters. The van der Waals surface area contributed by atoms with Gasteiger partial charge in [-0.25, -0.2) is 29.9 Å². The summed E-state index contributed by atoms with van der Waals surface area (Å²) in [5.74, 6) is 3.95. The molecule has 14 aromatic carbocycles. The van der Waals surface area contributed by atoms with Crippen LogP contribution in [0.4, 0.5) is 0 Å². The minimum absolute atomic E-state index is 0.646. The van der Waals surface area contributed by atoms with Gasteiger partial charge in [0, 0.05) is 114 Å². The highest BCUT2D eigenvalue weighted by molar-refractivity contribution is 7.27. The van der Waals surface area contributed by atoms with E-state index in [2.05, 4.69) is 328 Å². The number of aromatic nitrogens is 6. The Morgan fingerprint density at radius 3 is 0.690 bits per heavy atom. The third-order valence-corrected chi connectivity index (χ3v) is 23.2. The fourth-order valence-electron chi connectivity index (χ4n) is 13.7. The molecule has 0 N–H and O–H groups in total. The van der Waals surface area contributed by atoms with Crippen molar-refractivity contribution in [3.05, 3.63) is 328 Å². The topological polar surface area (TPSA) is 77.3 Å². The molecule has 100 heavy (non-hydrogen) atoms. The van der Waals surface area contributed by atoms with Crippen LogP contribution in [0, 0.1) is 0 Å². The van der Waals surface area contributed by atoms with Crippen molar-refractivity contribution < 1.29 is 0 Å². The molecule has 0 aliphatic heterocycles. The van der Waals surface area contributed by atoms with E-state index in [0.29, 0.717) is 34.9 Å². The molecule has 0 spiro atoms. The Labute approximate surface area is 591 Å². The van der Waals surface area contributed by atoms with Crippen molar-refractivity contribution in [2.75, 3.05) is 0 Å². The van der Waals surface area contributed by atoms with Gasteiger partial charge in [-0.1, -0.05) is 255 Å². The van der Waals surface area contributed by atoms with Crippen molar-refractivity contribution in [3.63, 3.8) is 0 Å². The van der Waals surface area contributed by atoms with Gasteiger partial charge in [-0.3, -0.25) is 0 Å². The highest BCUT2D eigenvalue weighted by Crippen LogP contribution is 2.43. The van der Waals surface area contributed by atoms with E-state index in [1.807, 2.05) is 0 Å². The largest absolute Gasteiger partial charge is 0.208 e. The first-order chi connectivity index (χ1) is 49.5. The van der Waals surface area contributed by atoms with E-state index in [1.165, 1.54) is 97.4 Å². The number of nitrogens with zero attached hydrogens (tertiary/aromatic N) is 6. The van der Waals surface area contributed by atoms with Crippen LogP contribution in [0.3, 0.4) is 0 Å². The molecule has 0 radical (unpaired) electrons. The van der Waals surface area contributed by atoms with Crippen LogP contribution in [0.2, 0.25) is 0 Å². The third-order valence-electron chi connectivity index (χ3n) is 18.7. The monoisotopic (exact) mass is 1350 g/mol. The number of thiophene rings is 4. The van der Waals surface area contributed by atoms with Crippen molar-refractivity contribution in [1.82, 2.24) is 29.9 Å². The van der Waals surface area contributed by atoms with Crippen molar-refractivity contribution >= 4 is 126 Å². The molecule has 468 valence electrons. The molecule has 0 fully saturated rings. The van der Waals surface area contributed by atoms with Crippen molar-refractivity contribution in [2.45, 2.75) is 0 Å². The van der Waals surface area contributed by atoms with Gasteiger partial charge < -0.3 is 0 Å². The van der Waals surface area contributed by atoms with Crippen LogP contribution >= 0.6 is 45.3 Å². The second kappa shape index (κ2) is 25.1. The average Bonchev–Trinajstić information content (AvgIpc) is 1.40. The molecule has 0 saturated carbocycles. The molecule has 0 aliphatic rings. The van der Waals surface area contributed by atoms with Gasteiger partial charge >= 0.3 is 0 Å². The Morgan fingerprint density at radius 1 is 0.130 bits per heavy atom. The quantitative estimate of drug-likeness (QED) is 0.136. The van der Waals surface area contributed by atoms with E-state index < -0.39 is 0 Å². The summed E-state index contributed by atoms with van der Waals surface area (Å²) in [4.78, 5) is 30.9. The zero-order valence-electron chi connectivity index (χ0n) is 53.5. The van der Waals surface area contributed by atoms with Crippen LogP contribution in [0.1, 0.15) is 0 Å². The summed E-state index contributed by atoms with van der Waals surface area (Å²) in [6.45, 7) is 0. The minimum atomic E-state index is 0.646. The lowest BCUT2D eigenvalue weighted by molar-refractivity contribution is 1.07. The maximum Gasteiger partial charge on any atom is 0.164 e. The first-order valence-corrected chi connectivity index (χ1v) is 36.5. The van der Waals surface area contributed by atoms with Crippen LogP contribution in [0.15, 0.2) is 328 Å². The number of hydrogen-bond donors (Lipinski definition) is 0. The molecule has 6 heterocycles. The zero-order chi connectivity index (χ0) is 66.0. The van der Waals surface area contributed by atoms with E-state index in [9.17, 15) is 0 Å². The summed E-state index contributed by atoms with van der Waals surface area (Å²) in [6, 6.07) is 116. The predicted molar refractivity (Wildman–Crippen MR) is 426 cm³/mol. The lowest BCUT2D eigenvalue weighted by atomic mass is 9.96. The van der Waals surface area contributed by atoms with Gasteiger partial charge in [0.15, 0.2) is 34.9 Å². The molecule has 20 rings (SSSR count). The van der Waals surface area contributed by atoms with Gasteiger partial charge in [-0.05, 0) is 117 Å². The SMILES string of the molecule is c1ccc(-c2cc(-c3ccccc3)cc(-c3nc(-c4ccc5c(c4)sc4ccccc45)nc(-c4ccc5c(c4)sc4ccccc45)n3)c2)cc1.c1ccc(-c2cccc(-c3ccc(-c4nc(-c5ccc6c(c5)sc5ccccc56)nc(-c5ccc6c(c5)sc5ccccc56)n4)cc3)c2)cc1. The molecule has 10 heteroatoms. The van der Waals surface area contributed by atoms with Gasteiger partial charge in [0.05, 0.1) is 0 Å². The Balaban J connectivity index is 0.000000139. The number of rotatable bonds is 10. The van der Waals surface area contributed by atoms with Crippen molar-refractivity contribution in [1.29, 1.82) is 0 Å². The fraction of sp³-hybridized carbons (Fsp3) is 0. The van der Waals surface area contributed by atoms with Crippen LogP contribution in [-0.2, 0) is 0 Å². The molecule has 0 saturated heterocycles. The van der Waals surface area contributed by atoms with Gasteiger partial charge in [0.2, 0.25) is 0 Å². The van der Waals surface area contributed by atoms with E-state index in [4.69, 9.17) is 29.9 Å². The first kappa shape index (κ1) is 59.3. The molecular formula is C90H54N6S4. The third kappa shape index (κ3) is 11.2. The summed E-state index contributed by atoms with van der Waals surface area (Å²) < 4.78 is 10.00. The molecule has 6 nitrogen and oxygen atoms in total. The number of fused-ring (bicyclic) bond motifs is 12. The van der Waals surface area contributed by atoms with Crippen molar-refractivity contribution in [3.8, 4) is 113 Å². The molecule has 0 atom stereocenters. The zero-order valence-corrected chi connectivity index (χ0v) is 56.8. The van der Waals surface area contributed by atoms with E-state index >= 15 is 0 Å². The molecular weight excluding hydrogens is 1290 g/mol. The van der Waals surface area contributed by atoms with Gasteiger partial charge in [-0.2, -0.15) is 0 Å². The lowest BCUT2D eigenvalue weighted by Crippen LogP contribution is -2.00. The average molecular weight is 1350 g/mol. The Morgan fingerprint density at radius 2 is 0.350 bits per heavy atom. The first-order valence-electron chi connectivity index (χ1n) is 33.2. The molecule has 6 aromatic heterocycles. The normalized spacial score (nSPS) is 11.6. The second-order valence-electron chi connectivity index (χ2n) is 24.9. The summed E-state index contributed by atoms with van der Waals surface area (Å²) >= 11 is 7.22. The Bertz CT molecular complexity index is 6210. The molecule has 20 aromatic rings. The summed E-state index contributed by atoms with van der Waals surface area (Å²) in [5, 5.41) is 10.1. The Hall–Kier alpha value is -12.0. The number of hydrogen-bond acceptors (Lipinski definition) is 10. The molecule has 0 aliphatic carbocycles. The van der Waals surface area contributed by atoms with Crippen LogP contribution in [0.5, 0.6) is 0 Å². The highest BCUT2D eigenvalue weighted by Gasteiger charge is 2.20. The maximum absolute atomic E-state index is 5.21. The van der Waals surface area contributed by atoms with Gasteiger partial charge in [0.25, 0.3) is 0 Å². The maximum atomic E-state index is 5.21. The summed E-state index contributed by atoms with van der Waals surface area (Å²) in [7, 11) is 0. The standard InChI is InChI=1S/2C45H27N3S2/c1-3-11-28(12-4-1)32-23-33(29-13-5-2-6-14-29)25-34(24-32)45-47-43(30-19-21-37-35-15-7-9-17-39(35)49-41(37)26-30)46-44(48-45)31-20-22-38-36-16-8-10-18-40(36)50-42(38)27-31;1-2-9-28(10-3-1)31-11-8-12-32(25-31)29-17-19-30(20-18-29)43-46-44(33-21-23-37-35-13-4-6-15-39(35)49-41(37)26-33)48-45(47-43)34-22-24-38-36-14-5-7-16-40(36)50-42(38)27-34/h2*1-27H. The van der Waals surface area contributed by atoms with Gasteiger partial charge in [0.1, 0.15) is 0 Å². The van der Waals surface area contributed by atoms with E-state index in [-0.39, 0.29) is 0 Å². The lowest BCUT2D eigenvalue weighted by Gasteiger charge is -2.12. The second-order valence-corrected chi connectivity index (χ2v) is 29.2. The van der Waals surface area contributed by atoms with E-state index in [1.54, 1.807) is 45.3 Å². The van der Waals surface area contributed by atoms with Gasteiger partial charge in [-0.15, -0.1) is 45.3 Å². The van der Waals surface area contributed by atoms with Crippen LogP contribution < -0.4 is 0 Å². The fourth-order valence-corrected chi connectivity index (χ4v) is 18.2. The Kier molecular flexibility index (Phi) is 14.9. The smallest absolute Gasteiger partial charge is 0.164 e. The van der Waals surface area contributed by atoms with Crippen LogP contribution in [0.25, 0.3) is 194 Å².